The van der Waals surface area contributed by atoms with Crippen LogP contribution < -0.4 is 4.90 Å². The average Bonchev–Trinajstić information content (AvgIpc) is 2.81. The van der Waals surface area contributed by atoms with Crippen LogP contribution in [0.2, 0.25) is 0 Å². The van der Waals surface area contributed by atoms with Crippen molar-refractivity contribution in [3.8, 4) is 0 Å². The van der Waals surface area contributed by atoms with Gasteiger partial charge in [0.15, 0.2) is 0 Å². The van der Waals surface area contributed by atoms with Crippen molar-refractivity contribution in [2.45, 2.75) is 31.1 Å². The number of benzene rings is 1. The molecule has 0 spiro atoms. The molecule has 0 saturated heterocycles. The molecule has 1 aliphatic rings. The summed E-state index contributed by atoms with van der Waals surface area (Å²) in [6, 6.07) is 6.14. The van der Waals surface area contributed by atoms with E-state index in [-0.39, 0.29) is 4.87 Å². The van der Waals surface area contributed by atoms with Gasteiger partial charge < -0.3 is 4.90 Å². The largest absolute Gasteiger partial charge is 0.326 e. The zero-order valence-electron chi connectivity index (χ0n) is 10.6. The minimum atomic E-state index is -0.141. The molecule has 0 fully saturated rings. The summed E-state index contributed by atoms with van der Waals surface area (Å²) in [5.74, 6) is 0. The molecule has 2 rings (SSSR count). The second-order valence-corrected chi connectivity index (χ2v) is 7.57. The monoisotopic (exact) mass is 419 g/mol. The second kappa shape index (κ2) is 6.74. The van der Waals surface area contributed by atoms with Crippen molar-refractivity contribution < 1.29 is 0 Å². The highest BCUT2D eigenvalue weighted by molar-refractivity contribution is 9.11. The van der Waals surface area contributed by atoms with E-state index in [1.54, 1.807) is 11.8 Å². The van der Waals surface area contributed by atoms with E-state index in [4.69, 9.17) is 12.2 Å². The SMILES string of the molecule is CCCCC1(C=S)SC=CN1c1c(Br)cccc1Br. The molecule has 0 N–H and O–H groups in total. The number of anilines is 1. The maximum Gasteiger partial charge on any atom is 0.123 e. The average molecular weight is 421 g/mol. The van der Waals surface area contributed by atoms with Crippen molar-refractivity contribution >= 4 is 66.9 Å². The Morgan fingerprint density at radius 2 is 2.05 bits per heavy atom. The Kier molecular flexibility index (Phi) is 5.52. The summed E-state index contributed by atoms with van der Waals surface area (Å²) in [4.78, 5) is 2.13. The molecule has 1 heterocycles. The number of rotatable bonds is 5. The molecular weight excluding hydrogens is 406 g/mol. The zero-order chi connectivity index (χ0) is 13.9. The van der Waals surface area contributed by atoms with Crippen LogP contribution >= 0.6 is 55.8 Å². The number of thioether (sulfide) groups is 1. The Balaban J connectivity index is 2.41. The maximum absolute atomic E-state index is 5.34. The fourth-order valence-corrected chi connectivity index (χ4v) is 4.91. The lowest BCUT2D eigenvalue weighted by Crippen LogP contribution is -2.41. The van der Waals surface area contributed by atoms with Crippen molar-refractivity contribution in [3.05, 3.63) is 38.8 Å². The minimum absolute atomic E-state index is 0.141. The molecule has 1 unspecified atom stereocenters. The van der Waals surface area contributed by atoms with Gasteiger partial charge in [0.05, 0.1) is 5.69 Å². The molecule has 0 aliphatic carbocycles. The number of nitrogens with zero attached hydrogens (tertiary/aromatic N) is 1. The molecule has 0 saturated carbocycles. The van der Waals surface area contributed by atoms with Gasteiger partial charge in [0, 0.05) is 20.5 Å². The molecule has 0 amide bonds. The summed E-state index contributed by atoms with van der Waals surface area (Å²) in [5.41, 5.74) is 1.14. The van der Waals surface area contributed by atoms with Crippen molar-refractivity contribution in [2.75, 3.05) is 4.90 Å². The van der Waals surface area contributed by atoms with E-state index >= 15 is 0 Å². The number of hydrogen-bond donors (Lipinski definition) is 0. The Morgan fingerprint density at radius 3 is 2.63 bits per heavy atom. The maximum atomic E-state index is 5.34. The molecule has 1 aromatic rings. The number of thiocarbonyl (C=S) groups is 1. The predicted molar refractivity (Wildman–Crippen MR) is 97.0 cm³/mol. The van der Waals surface area contributed by atoms with Crippen molar-refractivity contribution in [1.82, 2.24) is 0 Å². The molecule has 102 valence electrons. The van der Waals surface area contributed by atoms with Crippen LogP contribution in [0.4, 0.5) is 5.69 Å². The van der Waals surface area contributed by atoms with Crippen LogP contribution in [0.3, 0.4) is 0 Å². The topological polar surface area (TPSA) is 3.24 Å². The highest BCUT2D eigenvalue weighted by Gasteiger charge is 2.38. The number of halogens is 2. The van der Waals surface area contributed by atoms with Crippen LogP contribution in [-0.4, -0.2) is 10.2 Å². The van der Waals surface area contributed by atoms with Gasteiger partial charge in [0.25, 0.3) is 0 Å². The highest BCUT2D eigenvalue weighted by atomic mass is 79.9. The van der Waals surface area contributed by atoms with Gasteiger partial charge in [-0.25, -0.2) is 0 Å². The van der Waals surface area contributed by atoms with Gasteiger partial charge in [0.1, 0.15) is 4.87 Å². The first-order valence-corrected chi connectivity index (χ1v) is 9.12. The van der Waals surface area contributed by atoms with Crippen LogP contribution in [0, 0.1) is 0 Å². The third-order valence-electron chi connectivity index (χ3n) is 3.14. The van der Waals surface area contributed by atoms with Gasteiger partial charge >= 0.3 is 0 Å². The molecule has 1 atom stereocenters. The summed E-state index contributed by atoms with van der Waals surface area (Å²) in [6.07, 6.45) is 5.52. The number of unbranched alkanes of at least 4 members (excludes halogenated alkanes) is 1. The van der Waals surface area contributed by atoms with Gasteiger partial charge in [0.2, 0.25) is 0 Å². The normalized spacial score (nSPS) is 21.9. The van der Waals surface area contributed by atoms with E-state index in [0.717, 1.165) is 21.1 Å². The Hall–Kier alpha value is 0.160. The van der Waals surface area contributed by atoms with Gasteiger partial charge in [-0.3, -0.25) is 0 Å². The molecule has 1 aliphatic heterocycles. The zero-order valence-corrected chi connectivity index (χ0v) is 15.4. The van der Waals surface area contributed by atoms with E-state index in [1.807, 2.05) is 11.4 Å². The highest BCUT2D eigenvalue weighted by Crippen LogP contribution is 2.47. The second-order valence-electron chi connectivity index (χ2n) is 4.41. The first kappa shape index (κ1) is 15.5. The summed E-state index contributed by atoms with van der Waals surface area (Å²) >= 11 is 14.4. The van der Waals surface area contributed by atoms with E-state index in [0.29, 0.717) is 0 Å². The predicted octanol–water partition coefficient (Wildman–Crippen LogP) is 6.12. The molecule has 0 bridgehead atoms. The standard InChI is InChI=1S/C14H15Br2NS2/c1-2-3-7-14(10-18)17(8-9-19-14)13-11(15)5-4-6-12(13)16/h4-6,8-10H,2-3,7H2,1H3. The third-order valence-corrected chi connectivity index (χ3v) is 6.14. The van der Waals surface area contributed by atoms with Gasteiger partial charge in [-0.1, -0.05) is 49.8 Å². The quantitative estimate of drug-likeness (QED) is 0.528. The molecule has 1 nitrogen and oxygen atoms in total. The van der Waals surface area contributed by atoms with E-state index in [1.165, 1.54) is 12.8 Å². The Bertz CT molecular complexity index is 484. The van der Waals surface area contributed by atoms with Crippen LogP contribution in [0.25, 0.3) is 0 Å². The van der Waals surface area contributed by atoms with Gasteiger partial charge in [-0.2, -0.15) is 0 Å². The molecule has 5 heteroatoms. The lowest BCUT2D eigenvalue weighted by Gasteiger charge is -2.36. The molecule has 1 aromatic carbocycles. The first-order chi connectivity index (χ1) is 9.14. The van der Waals surface area contributed by atoms with E-state index < -0.39 is 0 Å². The van der Waals surface area contributed by atoms with Crippen molar-refractivity contribution in [2.24, 2.45) is 0 Å². The fourth-order valence-electron chi connectivity index (χ4n) is 2.13. The lowest BCUT2D eigenvalue weighted by molar-refractivity contribution is 0.640. The van der Waals surface area contributed by atoms with Gasteiger partial charge in [-0.15, -0.1) is 0 Å². The van der Waals surface area contributed by atoms with E-state index in [9.17, 15) is 0 Å². The van der Waals surface area contributed by atoms with E-state index in [2.05, 4.69) is 67.4 Å². The molecule has 0 aromatic heterocycles. The third kappa shape index (κ3) is 3.09. The lowest BCUT2D eigenvalue weighted by atomic mass is 10.1. The van der Waals surface area contributed by atoms with Crippen LogP contribution in [0.15, 0.2) is 38.8 Å². The van der Waals surface area contributed by atoms with Crippen molar-refractivity contribution in [3.63, 3.8) is 0 Å². The summed E-state index contributed by atoms with van der Waals surface area (Å²) in [6.45, 7) is 2.21. The minimum Gasteiger partial charge on any atom is -0.326 e. The van der Waals surface area contributed by atoms with Crippen LogP contribution in [0.1, 0.15) is 26.2 Å². The van der Waals surface area contributed by atoms with Crippen LogP contribution in [-0.2, 0) is 0 Å². The number of hydrogen-bond acceptors (Lipinski definition) is 3. The first-order valence-electron chi connectivity index (χ1n) is 6.19. The Morgan fingerprint density at radius 1 is 1.37 bits per heavy atom. The van der Waals surface area contributed by atoms with Gasteiger partial charge in [-0.05, 0) is 55.8 Å². The fraction of sp³-hybridized carbons (Fsp3) is 0.357. The van der Waals surface area contributed by atoms with Crippen LogP contribution in [0.5, 0.6) is 0 Å². The molecular formula is C14H15Br2NS2. The smallest absolute Gasteiger partial charge is 0.123 e. The summed E-state index contributed by atoms with van der Waals surface area (Å²) < 4.78 is 2.15. The summed E-state index contributed by atoms with van der Waals surface area (Å²) in [7, 11) is 0. The Labute approximate surface area is 141 Å². The van der Waals surface area contributed by atoms with Crippen molar-refractivity contribution in [1.29, 1.82) is 0 Å². The molecule has 19 heavy (non-hydrogen) atoms. The summed E-state index contributed by atoms with van der Waals surface area (Å²) in [5, 5.41) is 4.03. The molecule has 0 radical (unpaired) electrons. The number of para-hydroxylation sites is 1.